The zero-order valence-corrected chi connectivity index (χ0v) is 19.3. The Balaban J connectivity index is 2.16. The van der Waals surface area contributed by atoms with Crippen molar-refractivity contribution in [3.05, 3.63) is 56.7 Å². The first kappa shape index (κ1) is 21.6. The molecule has 3 rings (SSSR count). The van der Waals surface area contributed by atoms with E-state index in [1.807, 2.05) is 28.4 Å². The van der Waals surface area contributed by atoms with Crippen molar-refractivity contribution in [1.82, 2.24) is 4.68 Å². The topological polar surface area (TPSA) is 57.3 Å². The summed E-state index contributed by atoms with van der Waals surface area (Å²) in [7, 11) is 6.57. The van der Waals surface area contributed by atoms with E-state index in [1.165, 1.54) is 28.0 Å². The molecule has 0 saturated heterocycles. The Morgan fingerprint density at radius 2 is 1.50 bits per heavy atom. The lowest BCUT2D eigenvalue weighted by Crippen LogP contribution is -2.12. The number of rotatable bonds is 6. The lowest BCUT2D eigenvalue weighted by atomic mass is 10.0. The van der Waals surface area contributed by atoms with Crippen molar-refractivity contribution in [1.29, 1.82) is 0 Å². The van der Waals surface area contributed by atoms with Crippen LogP contribution in [0.2, 0.25) is 0 Å². The Hall–Kier alpha value is -3.06. The van der Waals surface area contributed by atoms with E-state index in [0.717, 1.165) is 21.6 Å². The molecule has 0 aliphatic heterocycles. The van der Waals surface area contributed by atoms with Crippen LogP contribution in [0.25, 0.3) is 11.3 Å². The number of ether oxygens (including phenoxy) is 3. The van der Waals surface area contributed by atoms with E-state index in [0.29, 0.717) is 17.2 Å². The van der Waals surface area contributed by atoms with Crippen LogP contribution in [-0.2, 0) is 0 Å². The molecule has 0 bridgehead atoms. The highest BCUT2D eigenvalue weighted by molar-refractivity contribution is 7.07. The highest BCUT2D eigenvalue weighted by atomic mass is 32.1. The average Bonchev–Trinajstić information content (AvgIpc) is 3.14. The van der Waals surface area contributed by atoms with Gasteiger partial charge in [-0.05, 0) is 44.0 Å². The van der Waals surface area contributed by atoms with Gasteiger partial charge in [-0.25, -0.2) is 4.68 Å². The minimum absolute atomic E-state index is 0.556. The highest BCUT2D eigenvalue weighted by Gasteiger charge is 2.17. The second kappa shape index (κ2) is 9.17. The minimum atomic E-state index is 0.556. The van der Waals surface area contributed by atoms with Crippen molar-refractivity contribution in [3.63, 3.8) is 0 Å². The highest BCUT2D eigenvalue weighted by Crippen LogP contribution is 2.41. The molecule has 1 aromatic heterocycles. The molecular formula is C23H27N3O3S. The molecule has 0 spiro atoms. The van der Waals surface area contributed by atoms with Crippen LogP contribution in [0, 0.1) is 20.8 Å². The maximum absolute atomic E-state index is 5.51. The fourth-order valence-corrected chi connectivity index (χ4v) is 4.30. The van der Waals surface area contributed by atoms with Gasteiger partial charge in [-0.2, -0.15) is 5.10 Å². The van der Waals surface area contributed by atoms with Gasteiger partial charge in [0.05, 0.1) is 33.2 Å². The Bertz CT molecular complexity index is 1110. The van der Waals surface area contributed by atoms with Crippen molar-refractivity contribution >= 4 is 17.6 Å². The summed E-state index contributed by atoms with van der Waals surface area (Å²) in [5.41, 5.74) is 6.52. The lowest BCUT2D eigenvalue weighted by Gasteiger charge is -2.14. The van der Waals surface area contributed by atoms with Crippen LogP contribution in [0.4, 0.5) is 0 Å². The quantitative estimate of drug-likeness (QED) is 0.543. The maximum Gasteiger partial charge on any atom is 0.205 e. The number of benzene rings is 2. The monoisotopic (exact) mass is 425 g/mol. The zero-order valence-electron chi connectivity index (χ0n) is 18.4. The van der Waals surface area contributed by atoms with Crippen LogP contribution in [-0.4, -0.2) is 39.3 Å². The van der Waals surface area contributed by atoms with Gasteiger partial charge in [-0.3, -0.25) is 4.99 Å². The fourth-order valence-electron chi connectivity index (χ4n) is 3.50. The molecule has 0 N–H and O–H groups in total. The number of nitrogens with zero attached hydrogens (tertiary/aromatic N) is 3. The van der Waals surface area contributed by atoms with Gasteiger partial charge < -0.3 is 14.2 Å². The van der Waals surface area contributed by atoms with Crippen molar-refractivity contribution in [2.45, 2.75) is 20.8 Å². The molecule has 0 atom stereocenters. The van der Waals surface area contributed by atoms with E-state index in [4.69, 9.17) is 19.3 Å². The number of methoxy groups -OCH3 is 3. The number of hydrogen-bond donors (Lipinski definition) is 0. The van der Waals surface area contributed by atoms with Gasteiger partial charge in [0.15, 0.2) is 11.5 Å². The summed E-state index contributed by atoms with van der Waals surface area (Å²) in [5, 5.41) is 6.81. The first-order valence-corrected chi connectivity index (χ1v) is 10.4. The van der Waals surface area contributed by atoms with Crippen LogP contribution in [0.5, 0.6) is 17.2 Å². The van der Waals surface area contributed by atoms with E-state index < -0.39 is 0 Å². The summed E-state index contributed by atoms with van der Waals surface area (Å²) in [6.45, 7) is 6.31. The molecule has 0 amide bonds. The molecule has 0 aliphatic rings. The summed E-state index contributed by atoms with van der Waals surface area (Å²) < 4.78 is 18.3. The van der Waals surface area contributed by atoms with Gasteiger partial charge in [0, 0.05) is 23.6 Å². The number of aromatic nitrogens is 1. The number of thiazole rings is 1. The second-order valence-corrected chi connectivity index (χ2v) is 7.75. The zero-order chi connectivity index (χ0) is 21.8. The Kier molecular flexibility index (Phi) is 6.62. The summed E-state index contributed by atoms with van der Waals surface area (Å²) in [6.07, 6.45) is 1.90. The summed E-state index contributed by atoms with van der Waals surface area (Å²) >= 11 is 1.52. The van der Waals surface area contributed by atoms with E-state index in [2.05, 4.69) is 37.9 Å². The third-order valence-electron chi connectivity index (χ3n) is 4.88. The molecule has 0 radical (unpaired) electrons. The van der Waals surface area contributed by atoms with E-state index in [1.54, 1.807) is 28.4 Å². The van der Waals surface area contributed by atoms with E-state index in [9.17, 15) is 0 Å². The Morgan fingerprint density at radius 3 is 2.00 bits per heavy atom. The van der Waals surface area contributed by atoms with E-state index >= 15 is 0 Å². The lowest BCUT2D eigenvalue weighted by molar-refractivity contribution is 0.324. The van der Waals surface area contributed by atoms with Crippen LogP contribution in [0.1, 0.15) is 22.3 Å². The molecule has 2 aromatic carbocycles. The van der Waals surface area contributed by atoms with Crippen LogP contribution in [0.15, 0.2) is 39.7 Å². The molecule has 1 heterocycles. The van der Waals surface area contributed by atoms with Crippen LogP contribution >= 0.6 is 11.3 Å². The third-order valence-corrected chi connectivity index (χ3v) is 5.78. The van der Waals surface area contributed by atoms with Crippen molar-refractivity contribution < 1.29 is 14.2 Å². The summed E-state index contributed by atoms with van der Waals surface area (Å²) in [6, 6.07) is 8.16. The Labute approximate surface area is 181 Å². The number of aryl methyl sites for hydroxylation is 3. The molecule has 158 valence electrons. The predicted octanol–water partition coefficient (Wildman–Crippen LogP) is 4.58. The summed E-state index contributed by atoms with van der Waals surface area (Å²) in [5.74, 6) is 1.74. The van der Waals surface area contributed by atoms with Gasteiger partial charge >= 0.3 is 0 Å². The average molecular weight is 426 g/mol. The molecule has 7 heteroatoms. The van der Waals surface area contributed by atoms with E-state index in [-0.39, 0.29) is 0 Å². The molecule has 3 aromatic rings. The Morgan fingerprint density at radius 1 is 0.900 bits per heavy atom. The van der Waals surface area contributed by atoms with Gasteiger partial charge in [0.1, 0.15) is 0 Å². The molecule has 0 aliphatic carbocycles. The van der Waals surface area contributed by atoms with Crippen LogP contribution in [0.3, 0.4) is 0 Å². The first-order chi connectivity index (χ1) is 14.4. The van der Waals surface area contributed by atoms with Crippen molar-refractivity contribution in [3.8, 4) is 28.5 Å². The van der Waals surface area contributed by atoms with Crippen LogP contribution < -0.4 is 19.0 Å². The largest absolute Gasteiger partial charge is 0.493 e. The molecule has 0 unspecified atom stereocenters. The van der Waals surface area contributed by atoms with Gasteiger partial charge in [-0.1, -0.05) is 17.7 Å². The van der Waals surface area contributed by atoms with Gasteiger partial charge in [-0.15, -0.1) is 11.3 Å². The minimum Gasteiger partial charge on any atom is -0.493 e. The fraction of sp³-hybridized carbons (Fsp3) is 0.304. The molecule has 6 nitrogen and oxygen atoms in total. The predicted molar refractivity (Wildman–Crippen MR) is 123 cm³/mol. The molecular weight excluding hydrogens is 398 g/mol. The standard InChI is InChI=1S/C23H27N3O3S/c1-14-8-15(2)18(16(3)9-14)12-25-26-19(13-30-23(26)24-4)17-10-20(27-5)22(29-7)21(11-17)28-6/h8-13H,1-7H3/b24-23?,25-12-. The van der Waals surface area contributed by atoms with Gasteiger partial charge in [0.25, 0.3) is 0 Å². The molecule has 30 heavy (non-hydrogen) atoms. The molecule has 0 fully saturated rings. The SMILES string of the molecule is CN=c1scc(-c2cc(OC)c(OC)c(OC)c2)n1/N=C\c1c(C)cc(C)cc1C. The first-order valence-electron chi connectivity index (χ1n) is 9.49. The third kappa shape index (κ3) is 4.11. The number of hydrogen-bond acceptors (Lipinski definition) is 6. The molecule has 0 saturated carbocycles. The van der Waals surface area contributed by atoms with Crippen molar-refractivity contribution in [2.75, 3.05) is 28.4 Å². The smallest absolute Gasteiger partial charge is 0.205 e. The van der Waals surface area contributed by atoms with Crippen molar-refractivity contribution in [2.24, 2.45) is 10.1 Å². The maximum atomic E-state index is 5.51. The summed E-state index contributed by atoms with van der Waals surface area (Å²) in [4.78, 5) is 5.18. The normalized spacial score (nSPS) is 11.9. The second-order valence-electron chi connectivity index (χ2n) is 6.91. The van der Waals surface area contributed by atoms with Gasteiger partial charge in [0.2, 0.25) is 10.6 Å².